The highest BCUT2D eigenvalue weighted by molar-refractivity contribution is 7.52. The molecule has 206 valence electrons. The number of nitrogens with zero attached hydrogens (tertiary/aromatic N) is 3. The van der Waals surface area contributed by atoms with Gasteiger partial charge in [0.2, 0.25) is 0 Å². The Morgan fingerprint density at radius 1 is 1.24 bits per heavy atom. The molecule has 38 heavy (non-hydrogen) atoms. The van der Waals surface area contributed by atoms with Crippen molar-refractivity contribution in [3.05, 3.63) is 54.5 Å². The Morgan fingerprint density at radius 3 is 2.63 bits per heavy atom. The number of para-hydroxylation sites is 1. The summed E-state index contributed by atoms with van der Waals surface area (Å²) in [6, 6.07) is 10.5. The third-order valence-corrected chi connectivity index (χ3v) is 7.63. The maximum Gasteiger partial charge on any atom is 0.459 e. The first kappa shape index (κ1) is 28.0. The number of fused-ring (bicyclic) bond motifs is 1. The van der Waals surface area contributed by atoms with Crippen molar-refractivity contribution < 1.29 is 38.1 Å². The van der Waals surface area contributed by atoms with Crippen molar-refractivity contribution in [3.63, 3.8) is 0 Å². The van der Waals surface area contributed by atoms with Crippen molar-refractivity contribution in [1.29, 1.82) is 0 Å². The molecule has 1 aromatic carbocycles. The second-order valence-corrected chi connectivity index (χ2v) is 11.2. The van der Waals surface area contributed by atoms with Crippen LogP contribution in [0.1, 0.15) is 39.5 Å². The number of anilines is 1. The van der Waals surface area contributed by atoms with Gasteiger partial charge in [-0.1, -0.05) is 18.2 Å². The molecule has 13 nitrogen and oxygen atoms in total. The number of hydrogen-bond donors (Lipinski definition) is 4. The molecule has 0 spiro atoms. The maximum absolute atomic E-state index is 13.8. The van der Waals surface area contributed by atoms with Crippen LogP contribution in [-0.4, -0.2) is 67.3 Å². The third-order valence-electron chi connectivity index (χ3n) is 6.01. The fourth-order valence-electron chi connectivity index (χ4n) is 4.05. The highest BCUT2D eigenvalue weighted by Crippen LogP contribution is 2.48. The molecule has 6 atom stereocenters. The minimum Gasteiger partial charge on any atom is -0.462 e. The first-order valence-electron chi connectivity index (χ1n) is 12.0. The van der Waals surface area contributed by atoms with Crippen molar-refractivity contribution in [3.8, 4) is 5.75 Å². The van der Waals surface area contributed by atoms with Gasteiger partial charge in [0.15, 0.2) is 5.82 Å². The molecule has 0 saturated carbocycles. The molecule has 1 aliphatic heterocycles. The highest BCUT2D eigenvalue weighted by atomic mass is 31.2. The minimum absolute atomic E-state index is 0.223. The van der Waals surface area contributed by atoms with Gasteiger partial charge < -0.3 is 29.9 Å². The average Bonchev–Trinajstić information content (AvgIpc) is 3.39. The van der Waals surface area contributed by atoms with E-state index in [9.17, 15) is 19.6 Å². The summed E-state index contributed by atoms with van der Waals surface area (Å²) in [5.41, 5.74) is 5.31. The fourth-order valence-corrected chi connectivity index (χ4v) is 5.63. The molecule has 2 aromatic heterocycles. The predicted molar refractivity (Wildman–Crippen MR) is 136 cm³/mol. The summed E-state index contributed by atoms with van der Waals surface area (Å²) in [6.45, 7) is 5.88. The molecule has 0 aliphatic carbocycles. The van der Waals surface area contributed by atoms with E-state index in [0.29, 0.717) is 11.2 Å². The largest absolute Gasteiger partial charge is 0.462 e. The van der Waals surface area contributed by atoms with Crippen molar-refractivity contribution in [2.75, 3.05) is 12.3 Å². The van der Waals surface area contributed by atoms with Crippen molar-refractivity contribution in [2.24, 2.45) is 0 Å². The number of nitrogens with two attached hydrogens (primary N) is 1. The van der Waals surface area contributed by atoms with E-state index in [0.717, 1.165) is 0 Å². The molecule has 5 N–H and O–H groups in total. The summed E-state index contributed by atoms with van der Waals surface area (Å²) in [6.07, 6.45) is -2.95. The van der Waals surface area contributed by atoms with Crippen LogP contribution >= 0.6 is 7.75 Å². The number of carbonyl (C=O) groups is 1. The molecular formula is C24H32N5O8P. The lowest BCUT2D eigenvalue weighted by molar-refractivity contribution is -0.149. The summed E-state index contributed by atoms with van der Waals surface area (Å²) < 4.78 is 37.9. The van der Waals surface area contributed by atoms with E-state index in [1.54, 1.807) is 56.3 Å². The number of rotatable bonds is 10. The molecule has 0 amide bonds. The zero-order valence-corrected chi connectivity index (χ0v) is 22.3. The van der Waals surface area contributed by atoms with Crippen LogP contribution in [0, 0.1) is 0 Å². The Kier molecular flexibility index (Phi) is 8.07. The number of nitrogen functional groups attached to an aromatic ring is 1. The number of esters is 1. The second-order valence-electron chi connectivity index (χ2n) is 9.50. The van der Waals surface area contributed by atoms with Crippen LogP contribution in [-0.2, 0) is 23.4 Å². The van der Waals surface area contributed by atoms with Crippen LogP contribution < -0.4 is 15.3 Å². The predicted octanol–water partition coefficient (Wildman–Crippen LogP) is 2.00. The topological polar surface area (TPSA) is 180 Å². The van der Waals surface area contributed by atoms with Gasteiger partial charge in [-0.25, -0.2) is 14.1 Å². The zero-order chi connectivity index (χ0) is 27.7. The van der Waals surface area contributed by atoms with Crippen molar-refractivity contribution in [2.45, 2.75) is 63.8 Å². The van der Waals surface area contributed by atoms with Crippen LogP contribution in [0.25, 0.3) is 5.52 Å². The maximum atomic E-state index is 13.8. The number of aliphatic hydroxyl groups excluding tert-OH is 2. The molecule has 1 fully saturated rings. The Hall–Kier alpha value is -3.06. The average molecular weight is 550 g/mol. The standard InChI is InChI=1S/C24H32N5O8P/c1-14(2)35-23(32)15(3)28-38(33,37-16-8-6-5-7-9-16)34-12-24(4)21(31)19(30)20(36-24)17-10-11-18-22(25)26-13-27-29(17)18/h5-11,13-15,19-21,30-31H,12H2,1-4H3,(H,28,33)(H2,25,26,27)/t15-,19+,20+,21+,24-,38?/m1/s1. The van der Waals surface area contributed by atoms with Crippen LogP contribution in [0.2, 0.25) is 0 Å². The van der Waals surface area contributed by atoms with E-state index in [2.05, 4.69) is 15.2 Å². The van der Waals surface area contributed by atoms with Gasteiger partial charge in [0.05, 0.1) is 18.4 Å². The molecule has 1 unspecified atom stereocenters. The molecule has 1 aliphatic rings. The SMILES string of the molecule is CC(C)OC(=O)[C@@H](C)NP(=O)(OC[C@@]1(C)O[C@@H](c2ccc3c(N)ncnn23)[C@H](O)[C@@H]1O)Oc1ccccc1. The van der Waals surface area contributed by atoms with Gasteiger partial charge in [0, 0.05) is 0 Å². The number of benzene rings is 1. The van der Waals surface area contributed by atoms with Crippen LogP contribution in [0.15, 0.2) is 48.8 Å². The molecule has 0 radical (unpaired) electrons. The summed E-state index contributed by atoms with van der Waals surface area (Å²) in [5.74, 6) is -0.193. The molecule has 4 rings (SSSR count). The summed E-state index contributed by atoms with van der Waals surface area (Å²) >= 11 is 0. The quantitative estimate of drug-likeness (QED) is 0.214. The van der Waals surface area contributed by atoms with Gasteiger partial charge in [-0.15, -0.1) is 0 Å². The Balaban J connectivity index is 1.55. The second kappa shape index (κ2) is 11.0. The van der Waals surface area contributed by atoms with E-state index in [4.69, 9.17) is 24.3 Å². The lowest BCUT2D eigenvalue weighted by Gasteiger charge is -2.30. The highest BCUT2D eigenvalue weighted by Gasteiger charge is 2.54. The Bertz CT molecular complexity index is 1320. The van der Waals surface area contributed by atoms with Gasteiger partial charge in [0.25, 0.3) is 0 Å². The van der Waals surface area contributed by atoms with Crippen LogP contribution in [0.5, 0.6) is 5.75 Å². The molecule has 0 bridgehead atoms. The van der Waals surface area contributed by atoms with Crippen molar-refractivity contribution >= 4 is 25.1 Å². The smallest absolute Gasteiger partial charge is 0.459 e. The molecule has 3 aromatic rings. The monoisotopic (exact) mass is 549 g/mol. The first-order chi connectivity index (χ1) is 17.9. The molecule has 14 heteroatoms. The van der Waals surface area contributed by atoms with Gasteiger partial charge >= 0.3 is 13.7 Å². The van der Waals surface area contributed by atoms with E-state index in [1.165, 1.54) is 24.7 Å². The first-order valence-corrected chi connectivity index (χ1v) is 13.6. The van der Waals surface area contributed by atoms with E-state index in [-0.39, 0.29) is 17.7 Å². The van der Waals surface area contributed by atoms with Crippen molar-refractivity contribution in [1.82, 2.24) is 19.7 Å². The van der Waals surface area contributed by atoms with Gasteiger partial charge in [-0.3, -0.25) is 9.32 Å². The third kappa shape index (κ3) is 5.83. The summed E-state index contributed by atoms with van der Waals surface area (Å²) in [4.78, 5) is 16.3. The summed E-state index contributed by atoms with van der Waals surface area (Å²) in [7, 11) is -4.23. The van der Waals surface area contributed by atoms with Gasteiger partial charge in [-0.2, -0.15) is 10.2 Å². The Morgan fingerprint density at radius 2 is 1.95 bits per heavy atom. The minimum atomic E-state index is -4.23. The number of aromatic nitrogens is 3. The molecule has 1 saturated heterocycles. The van der Waals surface area contributed by atoms with E-state index in [1.807, 2.05) is 0 Å². The zero-order valence-electron chi connectivity index (χ0n) is 21.4. The van der Waals surface area contributed by atoms with Crippen LogP contribution in [0.3, 0.4) is 0 Å². The lowest BCUT2D eigenvalue weighted by atomic mass is 9.97. The number of carbonyl (C=O) groups excluding carboxylic acids is 1. The normalized spacial score (nSPS) is 25.8. The number of ether oxygens (including phenoxy) is 2. The fraction of sp³-hybridized carbons (Fsp3) is 0.458. The van der Waals surface area contributed by atoms with Gasteiger partial charge in [-0.05, 0) is 52.0 Å². The summed E-state index contributed by atoms with van der Waals surface area (Å²) in [5, 5.41) is 28.5. The number of hydrogen-bond acceptors (Lipinski definition) is 11. The van der Waals surface area contributed by atoms with Gasteiger partial charge in [0.1, 0.15) is 47.5 Å². The molecular weight excluding hydrogens is 517 g/mol. The Labute approximate surface area is 219 Å². The molecule has 3 heterocycles. The van der Waals surface area contributed by atoms with E-state index < -0.39 is 50.3 Å². The number of nitrogens with one attached hydrogen (secondary N) is 1. The van der Waals surface area contributed by atoms with Crippen LogP contribution in [0.4, 0.5) is 5.82 Å². The number of aliphatic hydroxyl groups is 2. The lowest BCUT2D eigenvalue weighted by Crippen LogP contribution is -2.45. The van der Waals surface area contributed by atoms with E-state index >= 15 is 0 Å².